The monoisotopic (exact) mass is 378 g/mol. The molecule has 5 nitrogen and oxygen atoms in total. The molecule has 2 heterocycles. The Morgan fingerprint density at radius 2 is 1.55 bits per heavy atom. The first kappa shape index (κ1) is 17.3. The second kappa shape index (κ2) is 7.28. The number of rotatable bonds is 4. The zero-order valence-electron chi connectivity index (χ0n) is 15.6. The highest BCUT2D eigenvalue weighted by Crippen LogP contribution is 2.33. The molecule has 0 N–H and O–H groups in total. The van der Waals surface area contributed by atoms with E-state index in [0.29, 0.717) is 6.42 Å². The molecular weight excluding hydrogens is 360 g/mol. The van der Waals surface area contributed by atoms with Crippen LogP contribution in [0, 0.1) is 0 Å². The van der Waals surface area contributed by atoms with E-state index >= 15 is 0 Å². The molecule has 0 bridgehead atoms. The van der Waals surface area contributed by atoms with Gasteiger partial charge in [0.05, 0.1) is 22.8 Å². The minimum absolute atomic E-state index is 0.144. The van der Waals surface area contributed by atoms with Gasteiger partial charge in [0.2, 0.25) is 6.41 Å². The maximum Gasteiger partial charge on any atom is 0.230 e. The molecule has 1 aromatic heterocycles. The minimum Gasteiger partial charge on any atom is -0.277 e. The van der Waals surface area contributed by atoms with Gasteiger partial charge < -0.3 is 0 Å². The molecule has 0 saturated carbocycles. The van der Waals surface area contributed by atoms with Crippen molar-refractivity contribution in [2.24, 2.45) is 5.10 Å². The second-order valence-electron chi connectivity index (χ2n) is 7.00. The number of carbonyl (C=O) groups excluding carboxylic acids is 1. The van der Waals surface area contributed by atoms with Gasteiger partial charge in [-0.2, -0.15) is 5.10 Å². The van der Waals surface area contributed by atoms with Gasteiger partial charge in [-0.05, 0) is 40.5 Å². The highest BCUT2D eigenvalue weighted by molar-refractivity contribution is 6.03. The average molecular weight is 378 g/mol. The lowest BCUT2D eigenvalue weighted by Gasteiger charge is -2.17. The third kappa shape index (κ3) is 3.27. The highest BCUT2D eigenvalue weighted by Gasteiger charge is 2.29. The molecule has 3 aromatic carbocycles. The Kier molecular flexibility index (Phi) is 4.33. The summed E-state index contributed by atoms with van der Waals surface area (Å²) in [5, 5.41) is 6.10. The third-order valence-electron chi connectivity index (χ3n) is 5.23. The van der Waals surface area contributed by atoms with Crippen LogP contribution in [0.3, 0.4) is 0 Å². The lowest BCUT2D eigenvalue weighted by Crippen LogP contribution is -2.17. The van der Waals surface area contributed by atoms with Crippen molar-refractivity contribution in [1.82, 2.24) is 15.0 Å². The molecule has 4 aromatic rings. The van der Waals surface area contributed by atoms with Crippen molar-refractivity contribution in [2.45, 2.75) is 12.5 Å². The van der Waals surface area contributed by atoms with Crippen molar-refractivity contribution >= 4 is 23.2 Å². The summed E-state index contributed by atoms with van der Waals surface area (Å²) in [7, 11) is 0. The summed E-state index contributed by atoms with van der Waals surface area (Å²) in [6.07, 6.45) is 4.80. The zero-order chi connectivity index (χ0) is 19.6. The van der Waals surface area contributed by atoms with E-state index in [1.807, 2.05) is 48.5 Å². The maximum absolute atomic E-state index is 11.7. The van der Waals surface area contributed by atoms with Crippen molar-refractivity contribution < 1.29 is 4.79 Å². The zero-order valence-corrected chi connectivity index (χ0v) is 15.6. The quantitative estimate of drug-likeness (QED) is 0.488. The topological polar surface area (TPSA) is 58.5 Å². The molecule has 1 aliphatic heterocycles. The lowest BCUT2D eigenvalue weighted by atomic mass is 9.96. The predicted molar refractivity (Wildman–Crippen MR) is 113 cm³/mol. The van der Waals surface area contributed by atoms with E-state index in [1.165, 1.54) is 5.01 Å². The van der Waals surface area contributed by atoms with Gasteiger partial charge in [0.25, 0.3) is 0 Å². The summed E-state index contributed by atoms with van der Waals surface area (Å²) in [4.78, 5) is 20.4. The van der Waals surface area contributed by atoms with Gasteiger partial charge in [0.1, 0.15) is 0 Å². The summed E-state index contributed by atoms with van der Waals surface area (Å²) in [6, 6.07) is 24.3. The Morgan fingerprint density at radius 1 is 0.793 bits per heavy atom. The van der Waals surface area contributed by atoms with Crippen molar-refractivity contribution in [1.29, 1.82) is 0 Å². The van der Waals surface area contributed by atoms with Crippen molar-refractivity contribution in [3.8, 4) is 11.1 Å². The van der Waals surface area contributed by atoms with Crippen LogP contribution in [0.15, 0.2) is 90.3 Å². The number of hydrogen-bond acceptors (Lipinski definition) is 4. The summed E-state index contributed by atoms with van der Waals surface area (Å²) in [5.74, 6) is 0. The molecule has 0 aliphatic carbocycles. The Hall–Kier alpha value is -3.86. The van der Waals surface area contributed by atoms with E-state index in [4.69, 9.17) is 0 Å². The molecule has 5 rings (SSSR count). The smallest absolute Gasteiger partial charge is 0.230 e. The van der Waals surface area contributed by atoms with Gasteiger partial charge in [0, 0.05) is 18.8 Å². The van der Waals surface area contributed by atoms with Gasteiger partial charge >= 0.3 is 0 Å². The molecule has 1 atom stereocenters. The second-order valence-corrected chi connectivity index (χ2v) is 7.00. The molecule has 0 saturated heterocycles. The number of fused-ring (bicyclic) bond motifs is 1. The van der Waals surface area contributed by atoms with E-state index in [2.05, 4.69) is 39.3 Å². The van der Waals surface area contributed by atoms with E-state index in [1.54, 1.807) is 12.4 Å². The first-order valence-electron chi connectivity index (χ1n) is 9.49. The maximum atomic E-state index is 11.7. The van der Waals surface area contributed by atoms with Crippen LogP contribution in [0.5, 0.6) is 0 Å². The largest absolute Gasteiger partial charge is 0.277 e. The molecule has 0 radical (unpaired) electrons. The third-order valence-corrected chi connectivity index (χ3v) is 5.23. The number of carbonyl (C=O) groups is 1. The summed E-state index contributed by atoms with van der Waals surface area (Å²) >= 11 is 0. The number of amides is 1. The van der Waals surface area contributed by atoms with Gasteiger partial charge in [-0.25, -0.2) is 5.01 Å². The van der Waals surface area contributed by atoms with Crippen LogP contribution >= 0.6 is 0 Å². The molecular formula is C24H18N4O. The van der Waals surface area contributed by atoms with Crippen LogP contribution in [0.4, 0.5) is 0 Å². The Bertz CT molecular complexity index is 1220. The van der Waals surface area contributed by atoms with Crippen molar-refractivity contribution in [3.63, 3.8) is 0 Å². The average Bonchev–Trinajstić information content (AvgIpc) is 3.24. The summed E-state index contributed by atoms with van der Waals surface area (Å²) in [5.41, 5.74) is 6.88. The van der Waals surface area contributed by atoms with Gasteiger partial charge in [0.15, 0.2) is 0 Å². The number of benzene rings is 3. The Labute approximate surface area is 168 Å². The van der Waals surface area contributed by atoms with Gasteiger partial charge in [-0.3, -0.25) is 14.8 Å². The van der Waals surface area contributed by atoms with Crippen LogP contribution in [-0.2, 0) is 4.79 Å². The van der Waals surface area contributed by atoms with E-state index in [0.717, 1.165) is 45.4 Å². The molecule has 1 amide bonds. The fraction of sp³-hybridized carbons (Fsp3) is 0.0833. The predicted octanol–water partition coefficient (Wildman–Crippen LogP) is 4.60. The van der Waals surface area contributed by atoms with E-state index < -0.39 is 0 Å². The van der Waals surface area contributed by atoms with Crippen LogP contribution < -0.4 is 0 Å². The van der Waals surface area contributed by atoms with Crippen LogP contribution in [0.1, 0.15) is 23.6 Å². The molecule has 1 unspecified atom stereocenters. The van der Waals surface area contributed by atoms with Gasteiger partial charge in [-0.15, -0.1) is 0 Å². The van der Waals surface area contributed by atoms with Gasteiger partial charge in [-0.1, -0.05) is 54.6 Å². The standard InChI is InChI=1S/C24H18N4O/c29-16-28-24(20-9-10-21-23(14-20)26-12-11-25-21)15-22(27-28)19-8-4-7-18(13-19)17-5-2-1-3-6-17/h1-14,16,24H,15H2. The number of hydrazone groups is 1. The lowest BCUT2D eigenvalue weighted by molar-refractivity contribution is -0.119. The summed E-state index contributed by atoms with van der Waals surface area (Å²) in [6.45, 7) is 0. The number of nitrogens with zero attached hydrogens (tertiary/aromatic N) is 4. The highest BCUT2D eigenvalue weighted by atomic mass is 16.1. The fourth-order valence-electron chi connectivity index (χ4n) is 3.77. The Morgan fingerprint density at radius 3 is 2.38 bits per heavy atom. The first-order valence-corrected chi connectivity index (χ1v) is 9.49. The fourth-order valence-corrected chi connectivity index (χ4v) is 3.77. The minimum atomic E-state index is -0.144. The number of hydrogen-bond donors (Lipinski definition) is 0. The molecule has 0 fully saturated rings. The first-order chi connectivity index (χ1) is 14.3. The summed E-state index contributed by atoms with van der Waals surface area (Å²) < 4.78 is 0. The molecule has 140 valence electrons. The number of aromatic nitrogens is 2. The molecule has 0 spiro atoms. The SMILES string of the molecule is O=CN1N=C(c2cccc(-c3ccccc3)c2)CC1c1ccc2nccnc2c1. The van der Waals surface area contributed by atoms with Crippen molar-refractivity contribution in [2.75, 3.05) is 0 Å². The molecule has 1 aliphatic rings. The molecule has 29 heavy (non-hydrogen) atoms. The van der Waals surface area contributed by atoms with Crippen LogP contribution in [0.2, 0.25) is 0 Å². The normalized spacial score (nSPS) is 16.1. The van der Waals surface area contributed by atoms with E-state index in [9.17, 15) is 4.79 Å². The molecule has 5 heteroatoms. The van der Waals surface area contributed by atoms with E-state index in [-0.39, 0.29) is 6.04 Å². The van der Waals surface area contributed by atoms with Crippen LogP contribution in [-0.4, -0.2) is 27.1 Å². The van der Waals surface area contributed by atoms with Crippen molar-refractivity contribution in [3.05, 3.63) is 96.3 Å². The van der Waals surface area contributed by atoms with Crippen LogP contribution in [0.25, 0.3) is 22.2 Å². The Balaban J connectivity index is 1.47.